The third-order valence-electron chi connectivity index (χ3n) is 3.84. The van der Waals surface area contributed by atoms with Crippen LogP contribution in [0, 0.1) is 6.92 Å². The van der Waals surface area contributed by atoms with Gasteiger partial charge in [-0.3, -0.25) is 4.79 Å². The summed E-state index contributed by atoms with van der Waals surface area (Å²) in [6.45, 7) is 2.17. The Morgan fingerprint density at radius 3 is 2.60 bits per heavy atom. The fraction of sp³-hybridized carbons (Fsp3) is 0.158. The molecule has 0 spiro atoms. The molecule has 6 heteroatoms. The topological polar surface area (TPSA) is 67.2 Å². The third-order valence-corrected chi connectivity index (χ3v) is 4.22. The van der Waals surface area contributed by atoms with E-state index in [-0.39, 0.29) is 12.5 Å². The molecule has 128 valence electrons. The average Bonchev–Trinajstić information content (AvgIpc) is 2.89. The fourth-order valence-electron chi connectivity index (χ4n) is 2.61. The number of anilines is 1. The molecule has 0 atom stereocenters. The maximum absolute atomic E-state index is 12.6. The van der Waals surface area contributed by atoms with E-state index >= 15 is 0 Å². The number of hydrogen-bond acceptors (Lipinski definition) is 3. The molecule has 1 amide bonds. The van der Waals surface area contributed by atoms with Crippen molar-refractivity contribution in [2.24, 2.45) is 0 Å². The molecule has 0 radical (unpaired) electrons. The van der Waals surface area contributed by atoms with Gasteiger partial charge in [0.15, 0.2) is 0 Å². The van der Waals surface area contributed by atoms with Gasteiger partial charge in [0.1, 0.15) is 5.15 Å². The molecule has 25 heavy (non-hydrogen) atoms. The summed E-state index contributed by atoms with van der Waals surface area (Å²) < 4.78 is 1.62. The molecule has 0 aliphatic heterocycles. The van der Waals surface area contributed by atoms with E-state index in [0.29, 0.717) is 28.6 Å². The van der Waals surface area contributed by atoms with Crippen LogP contribution in [-0.4, -0.2) is 20.8 Å². The number of aliphatic hydroxyl groups excluding tert-OH is 1. The van der Waals surface area contributed by atoms with Crippen molar-refractivity contribution in [1.82, 2.24) is 9.78 Å². The first-order valence-corrected chi connectivity index (χ1v) is 8.24. The zero-order valence-corrected chi connectivity index (χ0v) is 14.5. The Kier molecular flexibility index (Phi) is 5.16. The van der Waals surface area contributed by atoms with Crippen LogP contribution >= 0.6 is 11.6 Å². The van der Waals surface area contributed by atoms with E-state index in [2.05, 4.69) is 10.4 Å². The first-order chi connectivity index (χ1) is 12.1. The van der Waals surface area contributed by atoms with Gasteiger partial charge in [-0.15, -0.1) is 0 Å². The van der Waals surface area contributed by atoms with Crippen molar-refractivity contribution in [1.29, 1.82) is 0 Å². The quantitative estimate of drug-likeness (QED) is 0.734. The van der Waals surface area contributed by atoms with Crippen molar-refractivity contribution >= 4 is 23.2 Å². The van der Waals surface area contributed by atoms with Gasteiger partial charge in [-0.25, -0.2) is 4.68 Å². The number of aliphatic hydroxyl groups is 1. The predicted octanol–water partition coefficient (Wildman–Crippen LogP) is 3.64. The van der Waals surface area contributed by atoms with Gasteiger partial charge < -0.3 is 10.4 Å². The van der Waals surface area contributed by atoms with E-state index in [1.54, 1.807) is 35.9 Å². The molecule has 2 N–H and O–H groups in total. The summed E-state index contributed by atoms with van der Waals surface area (Å²) in [6, 6.07) is 16.8. The Labute approximate surface area is 150 Å². The molecule has 0 aliphatic rings. The summed E-state index contributed by atoms with van der Waals surface area (Å²) in [4.78, 5) is 12.6. The Morgan fingerprint density at radius 1 is 1.16 bits per heavy atom. The third kappa shape index (κ3) is 3.90. The lowest BCUT2D eigenvalue weighted by atomic mass is 10.2. The minimum absolute atomic E-state index is 0.0848. The summed E-state index contributed by atoms with van der Waals surface area (Å²) in [5.41, 5.74) is 3.29. The van der Waals surface area contributed by atoms with Crippen LogP contribution in [0.5, 0.6) is 0 Å². The Morgan fingerprint density at radius 2 is 1.88 bits per heavy atom. The van der Waals surface area contributed by atoms with Crippen LogP contribution in [0.3, 0.4) is 0 Å². The second kappa shape index (κ2) is 7.51. The molecule has 0 aliphatic carbocycles. The molecule has 0 bridgehead atoms. The summed E-state index contributed by atoms with van der Waals surface area (Å²) >= 11 is 6.40. The molecular formula is C19H18ClN3O2. The summed E-state index contributed by atoms with van der Waals surface area (Å²) in [7, 11) is 0. The van der Waals surface area contributed by atoms with Crippen LogP contribution in [0.2, 0.25) is 5.15 Å². The van der Waals surface area contributed by atoms with E-state index < -0.39 is 0 Å². The Hall–Kier alpha value is -2.63. The first-order valence-electron chi connectivity index (χ1n) is 7.86. The highest BCUT2D eigenvalue weighted by atomic mass is 35.5. The number of rotatable bonds is 5. The first kappa shape index (κ1) is 17.2. The van der Waals surface area contributed by atoms with Gasteiger partial charge >= 0.3 is 0 Å². The number of benzene rings is 2. The molecule has 2 aromatic carbocycles. The standard InChI is InChI=1S/C19H18ClN3O2/c1-13-17(19(25)21-16-9-5-8-15(10-16)12-24)18(20)23(22-13)11-14-6-3-2-4-7-14/h2-10,24H,11-12H2,1H3,(H,21,25). The molecule has 0 unspecified atom stereocenters. The predicted molar refractivity (Wildman–Crippen MR) is 97.8 cm³/mol. The fourth-order valence-corrected chi connectivity index (χ4v) is 2.93. The van der Waals surface area contributed by atoms with Crippen LogP contribution in [0.15, 0.2) is 54.6 Å². The molecular weight excluding hydrogens is 338 g/mol. The Bertz CT molecular complexity index is 891. The number of aryl methyl sites for hydroxylation is 1. The highest BCUT2D eigenvalue weighted by Gasteiger charge is 2.20. The lowest BCUT2D eigenvalue weighted by molar-refractivity contribution is 0.102. The number of nitrogens with zero attached hydrogens (tertiary/aromatic N) is 2. The number of halogens is 1. The number of aromatic nitrogens is 2. The molecule has 1 aromatic heterocycles. The zero-order valence-electron chi connectivity index (χ0n) is 13.7. The smallest absolute Gasteiger partial charge is 0.260 e. The monoisotopic (exact) mass is 355 g/mol. The number of hydrogen-bond donors (Lipinski definition) is 2. The van der Waals surface area contributed by atoms with Crippen molar-refractivity contribution in [2.75, 3.05) is 5.32 Å². The second-order valence-electron chi connectivity index (χ2n) is 5.71. The minimum atomic E-state index is -0.322. The summed E-state index contributed by atoms with van der Waals surface area (Å²) in [6.07, 6.45) is 0. The number of amides is 1. The van der Waals surface area contributed by atoms with Crippen molar-refractivity contribution in [3.05, 3.63) is 82.1 Å². The van der Waals surface area contributed by atoms with Gasteiger partial charge in [0, 0.05) is 5.69 Å². The lowest BCUT2D eigenvalue weighted by Crippen LogP contribution is -2.13. The van der Waals surface area contributed by atoms with Crippen molar-refractivity contribution in [3.63, 3.8) is 0 Å². The van der Waals surface area contributed by atoms with Gasteiger partial charge in [-0.2, -0.15) is 5.10 Å². The zero-order chi connectivity index (χ0) is 17.8. The van der Waals surface area contributed by atoms with Gasteiger partial charge in [0.25, 0.3) is 5.91 Å². The van der Waals surface area contributed by atoms with Gasteiger partial charge in [-0.05, 0) is 30.2 Å². The Balaban J connectivity index is 1.83. The van der Waals surface area contributed by atoms with E-state index in [1.807, 2.05) is 30.3 Å². The van der Waals surface area contributed by atoms with E-state index in [1.165, 1.54) is 0 Å². The van der Waals surface area contributed by atoms with Gasteiger partial charge in [0.05, 0.1) is 24.4 Å². The number of carbonyl (C=O) groups excluding carboxylic acids is 1. The molecule has 5 nitrogen and oxygen atoms in total. The highest BCUT2D eigenvalue weighted by Crippen LogP contribution is 2.22. The van der Waals surface area contributed by atoms with Gasteiger partial charge in [0.2, 0.25) is 0 Å². The second-order valence-corrected chi connectivity index (χ2v) is 6.07. The molecule has 0 saturated heterocycles. The normalized spacial score (nSPS) is 10.7. The van der Waals surface area contributed by atoms with Crippen LogP contribution in [-0.2, 0) is 13.2 Å². The van der Waals surface area contributed by atoms with E-state index in [0.717, 1.165) is 11.1 Å². The number of nitrogens with one attached hydrogen (secondary N) is 1. The summed E-state index contributed by atoms with van der Waals surface area (Å²) in [5, 5.41) is 16.7. The van der Waals surface area contributed by atoms with Crippen molar-refractivity contribution in [2.45, 2.75) is 20.1 Å². The van der Waals surface area contributed by atoms with Crippen LogP contribution in [0.25, 0.3) is 0 Å². The molecule has 0 saturated carbocycles. The SMILES string of the molecule is Cc1nn(Cc2ccccc2)c(Cl)c1C(=O)Nc1cccc(CO)c1. The summed E-state index contributed by atoms with van der Waals surface area (Å²) in [5.74, 6) is -0.322. The largest absolute Gasteiger partial charge is 0.392 e. The van der Waals surface area contributed by atoms with E-state index in [4.69, 9.17) is 11.6 Å². The number of carbonyl (C=O) groups is 1. The van der Waals surface area contributed by atoms with Crippen molar-refractivity contribution in [3.8, 4) is 0 Å². The van der Waals surface area contributed by atoms with E-state index in [9.17, 15) is 9.90 Å². The molecule has 3 aromatic rings. The maximum Gasteiger partial charge on any atom is 0.260 e. The average molecular weight is 356 g/mol. The highest BCUT2D eigenvalue weighted by molar-refractivity contribution is 6.33. The van der Waals surface area contributed by atoms with Gasteiger partial charge in [-0.1, -0.05) is 54.1 Å². The lowest BCUT2D eigenvalue weighted by Gasteiger charge is -2.07. The molecule has 0 fully saturated rings. The maximum atomic E-state index is 12.6. The van der Waals surface area contributed by atoms with Crippen LogP contribution in [0.4, 0.5) is 5.69 Å². The minimum Gasteiger partial charge on any atom is -0.392 e. The molecule has 3 rings (SSSR count). The molecule has 1 heterocycles. The van der Waals surface area contributed by atoms with Crippen molar-refractivity contribution < 1.29 is 9.90 Å². The van der Waals surface area contributed by atoms with Crippen LogP contribution < -0.4 is 5.32 Å². The van der Waals surface area contributed by atoms with Crippen LogP contribution in [0.1, 0.15) is 27.2 Å².